The predicted octanol–water partition coefficient (Wildman–Crippen LogP) is 7.20. The third kappa shape index (κ3) is 4.96. The van der Waals surface area contributed by atoms with Gasteiger partial charge in [-0.15, -0.1) is 0 Å². The number of halogens is 2. The van der Waals surface area contributed by atoms with E-state index in [-0.39, 0.29) is 30.4 Å². The SMILES string of the molecule is CCOC(=O)c1c(-c2ccc(F)cc2)oc2cc(N(Cc3cccc(Br)c3)S(=O)O)c(C3CC3)cc12. The molecule has 6 nitrogen and oxygen atoms in total. The van der Waals surface area contributed by atoms with Crippen molar-refractivity contribution in [1.82, 2.24) is 0 Å². The molecule has 1 unspecified atom stereocenters. The summed E-state index contributed by atoms with van der Waals surface area (Å²) in [6, 6.07) is 16.8. The molecule has 0 spiro atoms. The maximum atomic E-state index is 13.6. The molecule has 186 valence electrons. The van der Waals surface area contributed by atoms with Gasteiger partial charge in [0.2, 0.25) is 0 Å². The molecule has 1 atom stereocenters. The van der Waals surface area contributed by atoms with Crippen molar-refractivity contribution in [3.8, 4) is 11.3 Å². The predicted molar refractivity (Wildman–Crippen MR) is 141 cm³/mol. The van der Waals surface area contributed by atoms with E-state index in [0.29, 0.717) is 22.2 Å². The number of furan rings is 1. The van der Waals surface area contributed by atoms with Crippen LogP contribution in [0.5, 0.6) is 0 Å². The number of rotatable bonds is 8. The van der Waals surface area contributed by atoms with Gasteiger partial charge in [-0.25, -0.2) is 13.4 Å². The molecule has 0 radical (unpaired) electrons. The zero-order valence-electron chi connectivity index (χ0n) is 19.4. The Balaban J connectivity index is 1.69. The Labute approximate surface area is 218 Å². The third-order valence-electron chi connectivity index (χ3n) is 6.11. The average molecular weight is 572 g/mol. The maximum Gasteiger partial charge on any atom is 0.342 e. The van der Waals surface area contributed by atoms with Crippen molar-refractivity contribution in [3.05, 3.63) is 87.6 Å². The molecule has 0 bridgehead atoms. The summed E-state index contributed by atoms with van der Waals surface area (Å²) in [4.78, 5) is 13.0. The number of hydrogen-bond donors (Lipinski definition) is 1. The molecule has 1 aromatic heterocycles. The number of hydrogen-bond acceptors (Lipinski definition) is 4. The molecular formula is C27H23BrFNO5S. The van der Waals surface area contributed by atoms with E-state index in [9.17, 15) is 17.9 Å². The van der Waals surface area contributed by atoms with Gasteiger partial charge in [-0.1, -0.05) is 28.1 Å². The third-order valence-corrected chi connectivity index (χ3v) is 7.31. The molecule has 1 N–H and O–H groups in total. The van der Waals surface area contributed by atoms with E-state index in [0.717, 1.165) is 28.4 Å². The second-order valence-electron chi connectivity index (χ2n) is 8.61. The number of fused-ring (bicyclic) bond motifs is 1. The van der Waals surface area contributed by atoms with Crippen molar-refractivity contribution in [2.75, 3.05) is 10.9 Å². The van der Waals surface area contributed by atoms with E-state index >= 15 is 0 Å². The Morgan fingerprint density at radius 1 is 1.19 bits per heavy atom. The molecule has 0 saturated heterocycles. The van der Waals surface area contributed by atoms with Crippen molar-refractivity contribution in [1.29, 1.82) is 0 Å². The van der Waals surface area contributed by atoms with Crippen LogP contribution in [0, 0.1) is 5.82 Å². The van der Waals surface area contributed by atoms with Crippen molar-refractivity contribution in [3.63, 3.8) is 0 Å². The molecule has 1 fully saturated rings. The quantitative estimate of drug-likeness (QED) is 0.179. The summed E-state index contributed by atoms with van der Waals surface area (Å²) in [5.74, 6) is -0.468. The van der Waals surface area contributed by atoms with Crippen LogP contribution in [-0.2, 0) is 22.5 Å². The lowest BCUT2D eigenvalue weighted by molar-refractivity contribution is 0.0528. The van der Waals surface area contributed by atoms with Crippen molar-refractivity contribution in [2.24, 2.45) is 0 Å². The average Bonchev–Trinajstić information content (AvgIpc) is 3.62. The van der Waals surface area contributed by atoms with Crippen LogP contribution in [0.4, 0.5) is 10.1 Å². The summed E-state index contributed by atoms with van der Waals surface area (Å²) in [6.07, 6.45) is 1.89. The van der Waals surface area contributed by atoms with Crippen LogP contribution in [0.2, 0.25) is 0 Å². The van der Waals surface area contributed by atoms with Gasteiger partial charge in [-0.05, 0) is 79.3 Å². The van der Waals surface area contributed by atoms with Crippen molar-refractivity contribution >= 4 is 49.8 Å². The first-order valence-electron chi connectivity index (χ1n) is 11.5. The molecule has 0 amide bonds. The summed E-state index contributed by atoms with van der Waals surface area (Å²) >= 11 is 1.14. The molecule has 1 aliphatic carbocycles. The molecule has 3 aromatic carbocycles. The fourth-order valence-electron chi connectivity index (χ4n) is 4.32. The first kappa shape index (κ1) is 24.7. The zero-order valence-corrected chi connectivity index (χ0v) is 21.8. The van der Waals surface area contributed by atoms with Crippen LogP contribution >= 0.6 is 15.9 Å². The highest BCUT2D eigenvalue weighted by atomic mass is 79.9. The minimum Gasteiger partial charge on any atom is -0.462 e. The highest BCUT2D eigenvalue weighted by Gasteiger charge is 2.32. The summed E-state index contributed by atoms with van der Waals surface area (Å²) in [5, 5.41) is 0.560. The fourth-order valence-corrected chi connectivity index (χ4v) is 5.35. The second-order valence-corrected chi connectivity index (χ2v) is 10.4. The van der Waals surface area contributed by atoms with Gasteiger partial charge in [0.05, 0.1) is 18.8 Å². The molecule has 5 rings (SSSR count). The summed E-state index contributed by atoms with van der Waals surface area (Å²) in [7, 11) is 0. The summed E-state index contributed by atoms with van der Waals surface area (Å²) in [6.45, 7) is 2.11. The highest BCUT2D eigenvalue weighted by Crippen LogP contribution is 2.48. The fraction of sp³-hybridized carbons (Fsp3) is 0.222. The molecule has 4 aromatic rings. The number of anilines is 1. The minimum atomic E-state index is -2.31. The summed E-state index contributed by atoms with van der Waals surface area (Å²) in [5.41, 5.74) is 3.46. The standard InChI is InChI=1S/C27H23BrFNO5S/c1-2-34-27(31)25-22-13-21(17-6-7-17)23(30(36(32)33)15-16-4-3-5-19(28)12-16)14-24(22)35-26(25)18-8-10-20(29)11-9-18/h3-5,8-14,17H,2,6-7,15H2,1H3,(H,32,33). The van der Waals surface area contributed by atoms with E-state index in [1.165, 1.54) is 16.4 Å². The minimum absolute atomic E-state index is 0.186. The Bertz CT molecular complexity index is 1470. The Kier molecular flexibility index (Phi) is 6.96. The van der Waals surface area contributed by atoms with Gasteiger partial charge < -0.3 is 9.15 Å². The second kappa shape index (κ2) is 10.2. The van der Waals surface area contributed by atoms with Gasteiger partial charge in [0.25, 0.3) is 11.3 Å². The van der Waals surface area contributed by atoms with Gasteiger partial charge in [0.1, 0.15) is 22.7 Å². The van der Waals surface area contributed by atoms with Crippen LogP contribution in [0.15, 0.2) is 69.6 Å². The number of carbonyl (C=O) groups excluding carboxylic acids is 1. The van der Waals surface area contributed by atoms with Crippen LogP contribution in [-0.4, -0.2) is 21.3 Å². The first-order valence-corrected chi connectivity index (χ1v) is 13.4. The lowest BCUT2D eigenvalue weighted by Gasteiger charge is -2.23. The Morgan fingerprint density at radius 3 is 2.58 bits per heavy atom. The van der Waals surface area contributed by atoms with Crippen LogP contribution in [0.25, 0.3) is 22.3 Å². The van der Waals surface area contributed by atoms with Gasteiger partial charge in [0.15, 0.2) is 0 Å². The van der Waals surface area contributed by atoms with Crippen molar-refractivity contribution in [2.45, 2.75) is 32.2 Å². The number of carbonyl (C=O) groups is 1. The number of ether oxygens (including phenoxy) is 1. The molecular weight excluding hydrogens is 549 g/mol. The first-order chi connectivity index (χ1) is 17.4. The van der Waals surface area contributed by atoms with E-state index in [2.05, 4.69) is 15.9 Å². The zero-order chi connectivity index (χ0) is 25.4. The Morgan fingerprint density at radius 2 is 1.94 bits per heavy atom. The highest BCUT2D eigenvalue weighted by molar-refractivity contribution is 9.10. The van der Waals surface area contributed by atoms with E-state index in [4.69, 9.17) is 9.15 Å². The number of benzene rings is 3. The van der Waals surface area contributed by atoms with E-state index in [1.807, 2.05) is 30.3 Å². The van der Waals surface area contributed by atoms with Gasteiger partial charge in [-0.3, -0.25) is 8.86 Å². The van der Waals surface area contributed by atoms with E-state index in [1.54, 1.807) is 25.1 Å². The Hall–Kier alpha value is -3.01. The summed E-state index contributed by atoms with van der Waals surface area (Å²) < 4.78 is 50.1. The molecule has 36 heavy (non-hydrogen) atoms. The lowest BCUT2D eigenvalue weighted by Crippen LogP contribution is -2.25. The monoisotopic (exact) mass is 571 g/mol. The number of esters is 1. The molecule has 9 heteroatoms. The number of nitrogens with zero attached hydrogens (tertiary/aromatic N) is 1. The molecule has 0 aliphatic heterocycles. The van der Waals surface area contributed by atoms with Crippen LogP contribution in [0.3, 0.4) is 0 Å². The van der Waals surface area contributed by atoms with Gasteiger partial charge in [0, 0.05) is 21.5 Å². The van der Waals surface area contributed by atoms with Crippen LogP contribution in [0.1, 0.15) is 47.2 Å². The van der Waals surface area contributed by atoms with E-state index < -0.39 is 23.1 Å². The van der Waals surface area contributed by atoms with Crippen molar-refractivity contribution < 1.29 is 27.1 Å². The lowest BCUT2D eigenvalue weighted by atomic mass is 10.0. The molecule has 1 heterocycles. The molecule has 1 saturated carbocycles. The smallest absolute Gasteiger partial charge is 0.342 e. The maximum absolute atomic E-state index is 13.6. The van der Waals surface area contributed by atoms with Gasteiger partial charge >= 0.3 is 5.97 Å². The largest absolute Gasteiger partial charge is 0.462 e. The van der Waals surface area contributed by atoms with Gasteiger partial charge in [-0.2, -0.15) is 0 Å². The van der Waals surface area contributed by atoms with Crippen LogP contribution < -0.4 is 4.31 Å². The topological polar surface area (TPSA) is 80.0 Å². The molecule has 1 aliphatic rings. The normalized spacial score (nSPS) is 14.1.